The van der Waals surface area contributed by atoms with Gasteiger partial charge in [0.05, 0.1) is 27.6 Å². The number of hydrogen-bond acceptors (Lipinski definition) is 0. The molecule has 0 fully saturated rings. The first-order chi connectivity index (χ1) is 29.4. The van der Waals surface area contributed by atoms with Gasteiger partial charge in [-0.3, -0.25) is 0 Å². The minimum atomic E-state index is -0.321. The van der Waals surface area contributed by atoms with Gasteiger partial charge in [0.15, 0.2) is 0 Å². The van der Waals surface area contributed by atoms with E-state index in [1.807, 2.05) is 0 Å². The predicted molar refractivity (Wildman–Crippen MR) is 282 cm³/mol. The summed E-state index contributed by atoms with van der Waals surface area (Å²) in [6, 6.07) is 34.5. The lowest BCUT2D eigenvalue weighted by molar-refractivity contribution is 0.579. The molecule has 0 saturated heterocycles. The second kappa shape index (κ2) is 13.7. The van der Waals surface area contributed by atoms with E-state index in [2.05, 4.69) is 232 Å². The average molecular weight is 847 g/mol. The molecular formula is C62H74N2. The molecule has 0 aliphatic heterocycles. The summed E-state index contributed by atoms with van der Waals surface area (Å²) in [5, 5.41) is 8.10. The number of hydrogen-bond donors (Lipinski definition) is 0. The molecule has 9 rings (SSSR count). The Kier molecular flexibility index (Phi) is 9.47. The number of aryl methyl sites for hydroxylation is 2. The zero-order valence-electron chi connectivity index (χ0n) is 43.0. The van der Waals surface area contributed by atoms with Gasteiger partial charge in [-0.2, -0.15) is 0 Å². The second-order valence-electron chi connectivity index (χ2n) is 25.5. The lowest BCUT2D eigenvalue weighted by Crippen LogP contribution is -2.24. The van der Waals surface area contributed by atoms with Gasteiger partial charge in [-0.15, -0.1) is 0 Å². The Labute approximate surface area is 384 Å². The fraction of sp³-hybridized carbons (Fsp3) is 0.419. The average Bonchev–Trinajstić information content (AvgIpc) is 3.79. The van der Waals surface area contributed by atoms with Crippen LogP contribution in [0.4, 0.5) is 0 Å². The molecule has 2 nitrogen and oxygen atoms in total. The first-order valence-corrected chi connectivity index (χ1v) is 23.9. The highest BCUT2D eigenvalue weighted by Gasteiger charge is 2.33. The van der Waals surface area contributed by atoms with Crippen LogP contribution in [-0.4, -0.2) is 8.97 Å². The summed E-state index contributed by atoms with van der Waals surface area (Å²) in [5.41, 5.74) is 21.2. The maximum Gasteiger partial charge on any atom is 0.0620 e. The van der Waals surface area contributed by atoms with Crippen molar-refractivity contribution in [1.82, 2.24) is 8.97 Å². The largest absolute Gasteiger partial charge is 0.309 e. The van der Waals surface area contributed by atoms with Crippen LogP contribution in [0.1, 0.15) is 173 Å². The molecule has 6 aromatic carbocycles. The number of rotatable bonds is 3. The van der Waals surface area contributed by atoms with Crippen molar-refractivity contribution in [2.45, 2.75) is 171 Å². The topological polar surface area (TPSA) is 9.34 Å². The van der Waals surface area contributed by atoms with Crippen LogP contribution in [0.2, 0.25) is 0 Å². The van der Waals surface area contributed by atoms with Gasteiger partial charge in [-0.25, -0.2) is 0 Å². The third-order valence-corrected chi connectivity index (χ3v) is 15.1. The first kappa shape index (κ1) is 44.1. The first-order valence-electron chi connectivity index (χ1n) is 23.9. The van der Waals surface area contributed by atoms with Crippen molar-refractivity contribution < 1.29 is 0 Å². The second-order valence-corrected chi connectivity index (χ2v) is 25.5. The Balaban J connectivity index is 1.35. The third-order valence-electron chi connectivity index (χ3n) is 15.1. The Hall–Kier alpha value is -5.08. The summed E-state index contributed by atoms with van der Waals surface area (Å²) in [4.78, 5) is 0. The van der Waals surface area contributed by atoms with Crippen LogP contribution in [-0.2, 0) is 32.5 Å². The van der Waals surface area contributed by atoms with E-state index in [0.29, 0.717) is 0 Å². The molecule has 0 spiro atoms. The fourth-order valence-electron chi connectivity index (χ4n) is 10.9. The van der Waals surface area contributed by atoms with Crippen LogP contribution in [0.5, 0.6) is 0 Å². The maximum atomic E-state index is 2.62. The van der Waals surface area contributed by atoms with E-state index in [1.165, 1.54) is 121 Å². The Morgan fingerprint density at radius 2 is 0.750 bits per heavy atom. The quantitative estimate of drug-likeness (QED) is 0.168. The van der Waals surface area contributed by atoms with E-state index in [4.69, 9.17) is 0 Å². The molecule has 9 aromatic rings. The smallest absolute Gasteiger partial charge is 0.0620 e. The Morgan fingerprint density at radius 1 is 0.328 bits per heavy atom. The van der Waals surface area contributed by atoms with Crippen molar-refractivity contribution in [1.29, 1.82) is 0 Å². The molecule has 0 N–H and O–H groups in total. The summed E-state index contributed by atoms with van der Waals surface area (Å²) < 4.78 is 5.21. The van der Waals surface area contributed by atoms with E-state index < -0.39 is 0 Å². The third kappa shape index (κ3) is 6.71. The highest BCUT2D eigenvalue weighted by atomic mass is 15.0. The molecule has 2 heteroatoms. The molecule has 3 heterocycles. The standard InChI is InChI=1S/C62H74N2/c1-35-26-43-47-30-41(60(13,14)15)31-48-45-28-39(58(7,8)9)22-24-52(45)64(56(47)48)54(43)34-49(35)62(19,20)50-32-42(61(16,17)18)33-53(37(50)3)63-51-23-21-38(57(4,5)6)27-44(51)46-29-40(59(10,11)12)25-36(2)55(46)63/h21-34H,1-20H3. The summed E-state index contributed by atoms with van der Waals surface area (Å²) in [7, 11) is 0. The summed E-state index contributed by atoms with van der Waals surface area (Å²) >= 11 is 0. The molecule has 0 amide bonds. The zero-order chi connectivity index (χ0) is 46.8. The molecule has 0 unspecified atom stereocenters. The number of nitrogens with zero attached hydrogens (tertiary/aromatic N) is 2. The van der Waals surface area contributed by atoms with E-state index in [0.717, 1.165) is 0 Å². The molecule has 332 valence electrons. The number of aromatic nitrogens is 2. The SMILES string of the molecule is Cc1cc2c3cc(C(C)(C)C)cc4c5cc(C(C)(C)C)ccc5n(c2cc1C(C)(C)c1cc(C(C)(C)C)cc(-n2c5ccc(C(C)(C)C)cc5c5cc(C(C)(C)C)cc(C)c52)c1C)c43. The maximum absolute atomic E-state index is 2.62. The lowest BCUT2D eigenvalue weighted by Gasteiger charge is -2.33. The molecular weight excluding hydrogens is 773 g/mol. The van der Waals surface area contributed by atoms with Crippen molar-refractivity contribution in [3.8, 4) is 5.69 Å². The molecule has 64 heavy (non-hydrogen) atoms. The van der Waals surface area contributed by atoms with E-state index in [1.54, 1.807) is 0 Å². The van der Waals surface area contributed by atoms with Gasteiger partial charge in [0, 0.05) is 43.4 Å². The molecule has 0 aliphatic rings. The van der Waals surface area contributed by atoms with Gasteiger partial charge in [0.1, 0.15) is 0 Å². The van der Waals surface area contributed by atoms with Gasteiger partial charge in [-0.05, 0) is 164 Å². The number of benzene rings is 6. The van der Waals surface area contributed by atoms with Crippen LogP contribution >= 0.6 is 0 Å². The van der Waals surface area contributed by atoms with Gasteiger partial charge < -0.3 is 8.97 Å². The van der Waals surface area contributed by atoms with E-state index in [9.17, 15) is 0 Å². The summed E-state index contributed by atoms with van der Waals surface area (Å²) in [5.74, 6) is 0. The van der Waals surface area contributed by atoms with E-state index in [-0.39, 0.29) is 32.5 Å². The van der Waals surface area contributed by atoms with Crippen molar-refractivity contribution in [3.63, 3.8) is 0 Å². The zero-order valence-corrected chi connectivity index (χ0v) is 43.0. The van der Waals surface area contributed by atoms with Gasteiger partial charge in [-0.1, -0.05) is 142 Å². The Bertz CT molecular complexity index is 3370. The number of fused-ring (bicyclic) bond motifs is 9. The van der Waals surface area contributed by atoms with Gasteiger partial charge >= 0.3 is 0 Å². The molecule has 0 saturated carbocycles. The van der Waals surface area contributed by atoms with Crippen molar-refractivity contribution in [3.05, 3.63) is 141 Å². The molecule has 0 aliphatic carbocycles. The van der Waals surface area contributed by atoms with Crippen LogP contribution < -0.4 is 0 Å². The lowest BCUT2D eigenvalue weighted by atomic mass is 9.72. The van der Waals surface area contributed by atoms with Crippen LogP contribution in [0.15, 0.2) is 84.9 Å². The molecule has 0 bridgehead atoms. The highest BCUT2D eigenvalue weighted by molar-refractivity contribution is 6.24. The van der Waals surface area contributed by atoms with Crippen LogP contribution in [0, 0.1) is 20.8 Å². The Morgan fingerprint density at radius 3 is 1.27 bits per heavy atom. The van der Waals surface area contributed by atoms with Crippen LogP contribution in [0.3, 0.4) is 0 Å². The minimum absolute atomic E-state index is 0.0203. The van der Waals surface area contributed by atoms with Gasteiger partial charge in [0.2, 0.25) is 0 Å². The van der Waals surface area contributed by atoms with Crippen molar-refractivity contribution in [2.24, 2.45) is 0 Å². The molecule has 0 atom stereocenters. The fourth-order valence-corrected chi connectivity index (χ4v) is 10.9. The van der Waals surface area contributed by atoms with E-state index >= 15 is 0 Å². The summed E-state index contributed by atoms with van der Waals surface area (Å²) in [6.07, 6.45) is 0. The molecule has 0 radical (unpaired) electrons. The van der Waals surface area contributed by atoms with Crippen molar-refractivity contribution in [2.75, 3.05) is 0 Å². The monoisotopic (exact) mass is 847 g/mol. The normalized spacial score (nSPS) is 13.9. The molecule has 3 aromatic heterocycles. The highest BCUT2D eigenvalue weighted by Crippen LogP contribution is 2.48. The van der Waals surface area contributed by atoms with Crippen LogP contribution in [0.25, 0.3) is 65.6 Å². The van der Waals surface area contributed by atoms with Crippen molar-refractivity contribution >= 4 is 59.9 Å². The predicted octanol–water partition coefficient (Wildman–Crippen LogP) is 17.7. The van der Waals surface area contributed by atoms with Gasteiger partial charge in [0.25, 0.3) is 0 Å². The summed E-state index contributed by atoms with van der Waals surface area (Å²) in [6.45, 7) is 47.2. The minimum Gasteiger partial charge on any atom is -0.309 e.